The fourth-order valence-electron chi connectivity index (χ4n) is 5.29. The number of halogens is 4. The first-order chi connectivity index (χ1) is 17.8. The number of aromatic nitrogens is 4. The van der Waals surface area contributed by atoms with Gasteiger partial charge in [0, 0.05) is 47.7 Å². The number of benzene rings is 2. The second kappa shape index (κ2) is 9.26. The van der Waals surface area contributed by atoms with Crippen LogP contribution in [0.5, 0.6) is 5.75 Å². The van der Waals surface area contributed by atoms with E-state index in [1.165, 1.54) is 0 Å². The standard InChI is InChI=1S/C27H23Cl2F2N5O/c1-37-22-10-18(6-9-21(22)36-13-23(29)32-14-36)33-26-34-24(16-11-27(30,31)12-16)20-8-7-19(25(20)35-26)15-2-4-17(28)5-3-15/h2-6,9-10,13-14,16,19H,7-8,11-12H2,1H3,(H,33,34,35). The molecule has 0 amide bonds. The Morgan fingerprint density at radius 3 is 2.49 bits per heavy atom. The summed E-state index contributed by atoms with van der Waals surface area (Å²) in [6.07, 6.45) is 4.54. The minimum absolute atomic E-state index is 0.0538. The van der Waals surface area contributed by atoms with Crippen molar-refractivity contribution in [3.05, 3.63) is 87.7 Å². The summed E-state index contributed by atoms with van der Waals surface area (Å²) in [6, 6.07) is 13.3. The number of methoxy groups -OCH3 is 1. The predicted molar refractivity (Wildman–Crippen MR) is 139 cm³/mol. The minimum Gasteiger partial charge on any atom is -0.494 e. The molecule has 1 saturated carbocycles. The molecule has 0 spiro atoms. The summed E-state index contributed by atoms with van der Waals surface area (Å²) in [4.78, 5) is 13.7. The van der Waals surface area contributed by atoms with Crippen LogP contribution in [0.25, 0.3) is 5.69 Å². The summed E-state index contributed by atoms with van der Waals surface area (Å²) in [5.41, 5.74) is 5.19. The lowest BCUT2D eigenvalue weighted by atomic mass is 9.77. The SMILES string of the molecule is COc1cc(Nc2nc(C3CC(F)(F)C3)c3c(n2)C(c2ccc(Cl)cc2)CC3)ccc1-n1cnc(Cl)c1. The molecule has 190 valence electrons. The molecule has 1 N–H and O–H groups in total. The second-order valence-electron chi connectivity index (χ2n) is 9.52. The highest BCUT2D eigenvalue weighted by atomic mass is 35.5. The van der Waals surface area contributed by atoms with E-state index < -0.39 is 5.92 Å². The number of nitrogens with zero attached hydrogens (tertiary/aromatic N) is 4. The summed E-state index contributed by atoms with van der Waals surface area (Å²) < 4.78 is 35.0. The van der Waals surface area contributed by atoms with E-state index in [1.807, 2.05) is 42.5 Å². The topological polar surface area (TPSA) is 64.9 Å². The van der Waals surface area contributed by atoms with Crippen molar-refractivity contribution in [2.45, 2.75) is 43.4 Å². The van der Waals surface area contributed by atoms with Gasteiger partial charge in [0.25, 0.3) is 0 Å². The molecular weight excluding hydrogens is 519 g/mol. The molecule has 0 bridgehead atoms. The average Bonchev–Trinajstić information content (AvgIpc) is 3.49. The number of imidazole rings is 1. The molecule has 2 aromatic carbocycles. The fraction of sp³-hybridized carbons (Fsp3) is 0.296. The van der Waals surface area contributed by atoms with E-state index in [9.17, 15) is 8.78 Å². The Morgan fingerprint density at radius 2 is 1.81 bits per heavy atom. The van der Waals surface area contributed by atoms with Crippen molar-refractivity contribution in [2.75, 3.05) is 12.4 Å². The number of rotatable bonds is 6. The molecule has 0 saturated heterocycles. The third kappa shape index (κ3) is 4.64. The summed E-state index contributed by atoms with van der Waals surface area (Å²) in [5, 5.41) is 4.32. The van der Waals surface area contributed by atoms with Gasteiger partial charge in [0.1, 0.15) is 17.2 Å². The van der Waals surface area contributed by atoms with E-state index in [4.69, 9.17) is 37.9 Å². The van der Waals surface area contributed by atoms with Gasteiger partial charge in [-0.1, -0.05) is 35.3 Å². The second-order valence-corrected chi connectivity index (χ2v) is 10.3. The Hall–Kier alpha value is -3.23. The van der Waals surface area contributed by atoms with Crippen LogP contribution in [0.3, 0.4) is 0 Å². The highest BCUT2D eigenvalue weighted by Crippen LogP contribution is 2.51. The Labute approximate surface area is 222 Å². The predicted octanol–water partition coefficient (Wildman–Crippen LogP) is 7.31. The quantitative estimate of drug-likeness (QED) is 0.277. The normalized spacial score (nSPS) is 18.4. The lowest BCUT2D eigenvalue weighted by Crippen LogP contribution is -2.35. The van der Waals surface area contributed by atoms with Gasteiger partial charge in [0.15, 0.2) is 0 Å². The van der Waals surface area contributed by atoms with E-state index in [-0.39, 0.29) is 24.7 Å². The van der Waals surface area contributed by atoms with Gasteiger partial charge in [-0.2, -0.15) is 0 Å². The Bertz CT molecular complexity index is 1470. The number of ether oxygens (including phenoxy) is 1. The van der Waals surface area contributed by atoms with Crippen LogP contribution in [0, 0.1) is 0 Å². The van der Waals surface area contributed by atoms with Gasteiger partial charge < -0.3 is 14.6 Å². The van der Waals surface area contributed by atoms with Crippen LogP contribution in [-0.4, -0.2) is 32.6 Å². The smallest absolute Gasteiger partial charge is 0.249 e. The highest BCUT2D eigenvalue weighted by Gasteiger charge is 2.48. The number of fused-ring (bicyclic) bond motifs is 1. The van der Waals surface area contributed by atoms with E-state index in [1.54, 1.807) is 24.2 Å². The zero-order valence-corrected chi connectivity index (χ0v) is 21.4. The molecule has 37 heavy (non-hydrogen) atoms. The summed E-state index contributed by atoms with van der Waals surface area (Å²) in [6.45, 7) is 0. The van der Waals surface area contributed by atoms with Crippen LogP contribution in [0.4, 0.5) is 20.4 Å². The fourth-order valence-corrected chi connectivity index (χ4v) is 5.56. The van der Waals surface area contributed by atoms with Crippen LogP contribution >= 0.6 is 23.2 Å². The number of nitrogens with one attached hydrogen (secondary N) is 1. The molecule has 10 heteroatoms. The third-order valence-corrected chi connectivity index (χ3v) is 7.55. The first-order valence-corrected chi connectivity index (χ1v) is 12.7. The van der Waals surface area contributed by atoms with Crippen molar-refractivity contribution in [3.63, 3.8) is 0 Å². The zero-order chi connectivity index (χ0) is 25.7. The lowest BCUT2D eigenvalue weighted by molar-refractivity contribution is -0.0877. The molecule has 1 atom stereocenters. The van der Waals surface area contributed by atoms with Crippen molar-refractivity contribution in [3.8, 4) is 11.4 Å². The first-order valence-electron chi connectivity index (χ1n) is 12.0. The molecule has 1 fully saturated rings. The Kier molecular flexibility index (Phi) is 6.04. The molecule has 0 radical (unpaired) electrons. The molecule has 2 aliphatic rings. The van der Waals surface area contributed by atoms with E-state index in [0.717, 1.165) is 41.0 Å². The minimum atomic E-state index is -2.64. The molecule has 6 nitrogen and oxygen atoms in total. The molecule has 4 aromatic rings. The van der Waals surface area contributed by atoms with Crippen molar-refractivity contribution >= 4 is 34.8 Å². The van der Waals surface area contributed by atoms with Crippen LogP contribution < -0.4 is 10.1 Å². The number of alkyl halides is 2. The summed E-state index contributed by atoms with van der Waals surface area (Å²) in [5.74, 6) is -1.88. The maximum atomic E-state index is 13.8. The van der Waals surface area contributed by atoms with E-state index in [0.29, 0.717) is 27.6 Å². The van der Waals surface area contributed by atoms with Gasteiger partial charge in [0.2, 0.25) is 11.9 Å². The van der Waals surface area contributed by atoms with Crippen molar-refractivity contribution in [2.24, 2.45) is 0 Å². The molecular formula is C27H23Cl2F2N5O. The molecule has 2 heterocycles. The first kappa shape index (κ1) is 24.1. The lowest BCUT2D eigenvalue weighted by Gasteiger charge is -2.35. The molecule has 6 rings (SSSR count). The number of hydrogen-bond acceptors (Lipinski definition) is 5. The van der Waals surface area contributed by atoms with Crippen molar-refractivity contribution in [1.82, 2.24) is 19.5 Å². The molecule has 2 aromatic heterocycles. The molecule has 1 unspecified atom stereocenters. The largest absolute Gasteiger partial charge is 0.494 e. The molecule has 2 aliphatic carbocycles. The van der Waals surface area contributed by atoms with Gasteiger partial charge in [-0.05, 0) is 48.2 Å². The molecule has 0 aliphatic heterocycles. The summed E-state index contributed by atoms with van der Waals surface area (Å²) in [7, 11) is 1.58. The highest BCUT2D eigenvalue weighted by molar-refractivity contribution is 6.30. The van der Waals surface area contributed by atoms with Crippen molar-refractivity contribution in [1.29, 1.82) is 0 Å². The average molecular weight is 542 g/mol. The Balaban J connectivity index is 1.37. The van der Waals surface area contributed by atoms with Gasteiger partial charge in [-0.25, -0.2) is 23.7 Å². The van der Waals surface area contributed by atoms with Gasteiger partial charge in [-0.3, -0.25) is 0 Å². The zero-order valence-electron chi connectivity index (χ0n) is 19.9. The Morgan fingerprint density at radius 1 is 1.05 bits per heavy atom. The monoisotopic (exact) mass is 541 g/mol. The van der Waals surface area contributed by atoms with Crippen LogP contribution in [0.15, 0.2) is 55.0 Å². The van der Waals surface area contributed by atoms with Crippen molar-refractivity contribution < 1.29 is 13.5 Å². The number of anilines is 2. The van der Waals surface area contributed by atoms with Crippen LogP contribution in [-0.2, 0) is 6.42 Å². The maximum absolute atomic E-state index is 13.8. The third-order valence-electron chi connectivity index (χ3n) is 7.10. The number of hydrogen-bond donors (Lipinski definition) is 1. The van der Waals surface area contributed by atoms with Gasteiger partial charge in [-0.15, -0.1) is 0 Å². The van der Waals surface area contributed by atoms with Crippen LogP contribution in [0.2, 0.25) is 10.2 Å². The van der Waals surface area contributed by atoms with E-state index in [2.05, 4.69) is 10.3 Å². The van der Waals surface area contributed by atoms with Gasteiger partial charge in [0.05, 0.1) is 24.2 Å². The summed E-state index contributed by atoms with van der Waals surface area (Å²) >= 11 is 12.1. The van der Waals surface area contributed by atoms with E-state index >= 15 is 0 Å². The van der Waals surface area contributed by atoms with Gasteiger partial charge >= 0.3 is 0 Å². The maximum Gasteiger partial charge on any atom is 0.249 e. The van der Waals surface area contributed by atoms with Crippen LogP contribution in [0.1, 0.15) is 53.6 Å².